The summed E-state index contributed by atoms with van der Waals surface area (Å²) in [6.45, 7) is 0.231. The molecule has 3 aromatic carbocycles. The number of likely N-dealkylation sites (N-methyl/N-ethyl adjacent to an activating group) is 1. The number of nitrogens with zero attached hydrogens (tertiary/aromatic N) is 3. The molecular weight excluding hydrogens is 587 g/mol. The van der Waals surface area contributed by atoms with Crippen molar-refractivity contribution in [1.82, 2.24) is 15.2 Å². The zero-order valence-corrected chi connectivity index (χ0v) is 24.2. The number of carbonyl (C=O) groups is 2. The lowest BCUT2D eigenvalue weighted by Crippen LogP contribution is -2.39. The van der Waals surface area contributed by atoms with E-state index in [0.717, 1.165) is 10.2 Å². The fraction of sp³-hybridized carbons (Fsp3) is 0.138. The molecule has 212 valence electrons. The third-order valence-electron chi connectivity index (χ3n) is 5.93. The number of hydrogen-bond donors (Lipinski definition) is 1. The molecule has 0 unspecified atom stereocenters. The molecule has 0 aliphatic heterocycles. The Morgan fingerprint density at radius 1 is 0.927 bits per heavy atom. The van der Waals surface area contributed by atoms with Gasteiger partial charge in [0.25, 0.3) is 15.9 Å². The van der Waals surface area contributed by atoms with E-state index in [1.165, 1.54) is 47.4 Å². The van der Waals surface area contributed by atoms with Crippen molar-refractivity contribution in [3.05, 3.63) is 118 Å². The minimum absolute atomic E-state index is 0.0779. The summed E-state index contributed by atoms with van der Waals surface area (Å²) in [5, 5.41) is 3.06. The van der Waals surface area contributed by atoms with Gasteiger partial charge >= 0.3 is 0 Å². The highest BCUT2D eigenvalue weighted by Crippen LogP contribution is 2.32. The maximum Gasteiger partial charge on any atom is 0.295 e. The number of pyridine rings is 1. The van der Waals surface area contributed by atoms with Crippen molar-refractivity contribution in [2.75, 3.05) is 24.6 Å². The molecule has 0 fully saturated rings. The molecule has 0 bridgehead atoms. The molecular formula is C29H26Cl2N4O5S. The third-order valence-corrected chi connectivity index (χ3v) is 8.05. The Kier molecular flexibility index (Phi) is 9.82. The van der Waals surface area contributed by atoms with Crippen LogP contribution in [0.25, 0.3) is 0 Å². The molecule has 0 aliphatic rings. The molecule has 0 aliphatic carbocycles. The second kappa shape index (κ2) is 13.5. The number of benzene rings is 3. The van der Waals surface area contributed by atoms with Gasteiger partial charge in [0.15, 0.2) is 5.75 Å². The summed E-state index contributed by atoms with van der Waals surface area (Å²) in [7, 11) is -2.62. The van der Waals surface area contributed by atoms with Crippen molar-refractivity contribution in [2.24, 2.45) is 0 Å². The number of halogens is 2. The first-order valence-electron chi connectivity index (χ1n) is 12.4. The zero-order chi connectivity index (χ0) is 29.4. The molecule has 1 aromatic heterocycles. The molecule has 12 heteroatoms. The van der Waals surface area contributed by atoms with E-state index in [0.29, 0.717) is 18.0 Å². The van der Waals surface area contributed by atoms with Gasteiger partial charge < -0.3 is 15.1 Å². The third kappa shape index (κ3) is 7.75. The Labute approximate surface area is 248 Å². The van der Waals surface area contributed by atoms with E-state index < -0.39 is 15.9 Å². The Bertz CT molecular complexity index is 1610. The van der Waals surface area contributed by atoms with E-state index in [4.69, 9.17) is 28.0 Å². The van der Waals surface area contributed by atoms with Gasteiger partial charge in [-0.3, -0.25) is 14.6 Å². The fourth-order valence-electron chi connectivity index (χ4n) is 3.65. The van der Waals surface area contributed by atoms with E-state index in [1.54, 1.807) is 43.6 Å². The molecule has 1 N–H and O–H groups in total. The van der Waals surface area contributed by atoms with Crippen LogP contribution < -0.4 is 14.6 Å². The highest BCUT2D eigenvalue weighted by Gasteiger charge is 2.28. The van der Waals surface area contributed by atoms with Crippen LogP contribution in [0.3, 0.4) is 0 Å². The first kappa shape index (κ1) is 29.9. The molecule has 0 saturated carbocycles. The van der Waals surface area contributed by atoms with Crippen molar-refractivity contribution >= 4 is 50.7 Å². The van der Waals surface area contributed by atoms with E-state index in [-0.39, 0.29) is 39.4 Å². The maximum atomic E-state index is 13.6. The predicted octanol–water partition coefficient (Wildman–Crippen LogP) is 5.01. The van der Waals surface area contributed by atoms with Crippen LogP contribution in [0, 0.1) is 0 Å². The van der Waals surface area contributed by atoms with Gasteiger partial charge in [-0.15, -0.1) is 0 Å². The van der Waals surface area contributed by atoms with Crippen LogP contribution in [0.5, 0.6) is 5.75 Å². The molecule has 2 amide bonds. The highest BCUT2D eigenvalue weighted by molar-refractivity contribution is 7.92. The van der Waals surface area contributed by atoms with Crippen molar-refractivity contribution < 1.29 is 22.8 Å². The summed E-state index contributed by atoms with van der Waals surface area (Å²) in [6.07, 6.45) is 2.27. The number of anilines is 1. The lowest BCUT2D eigenvalue weighted by atomic mass is 10.2. The summed E-state index contributed by atoms with van der Waals surface area (Å²) in [5.41, 5.74) is 1.27. The normalized spacial score (nSPS) is 11.0. The monoisotopic (exact) mass is 612 g/mol. The number of rotatable bonds is 11. The molecule has 4 aromatic rings. The first-order chi connectivity index (χ1) is 19.6. The standard InChI is InChI=1S/C29H26Cl2N4O5S/c1-34(18-16-23-7-5-6-17-32-23)28(36)20-33-29(37)21-10-13-25(14-11-21)41(38,39)35(24-8-3-2-4-9-24)40-27-15-12-22(30)19-26(27)31/h2-15,17,19H,16,18,20H2,1H3,(H,33,37). The van der Waals surface area contributed by atoms with Gasteiger partial charge in [0.05, 0.1) is 22.2 Å². The van der Waals surface area contributed by atoms with E-state index >= 15 is 0 Å². The Hall–Kier alpha value is -4.12. The average molecular weight is 614 g/mol. The van der Waals surface area contributed by atoms with Gasteiger partial charge in [0.2, 0.25) is 5.91 Å². The van der Waals surface area contributed by atoms with Crippen LogP contribution in [-0.2, 0) is 21.2 Å². The summed E-state index contributed by atoms with van der Waals surface area (Å²) in [6, 6.07) is 23.5. The highest BCUT2D eigenvalue weighted by atomic mass is 35.5. The lowest BCUT2D eigenvalue weighted by Gasteiger charge is -2.24. The van der Waals surface area contributed by atoms with Crippen LogP contribution in [-0.4, -0.2) is 50.3 Å². The van der Waals surface area contributed by atoms with Crippen LogP contribution in [0.15, 0.2) is 102 Å². The second-order valence-electron chi connectivity index (χ2n) is 8.83. The predicted molar refractivity (Wildman–Crippen MR) is 158 cm³/mol. The Morgan fingerprint density at radius 2 is 1.63 bits per heavy atom. The maximum absolute atomic E-state index is 13.6. The topological polar surface area (TPSA) is 109 Å². The van der Waals surface area contributed by atoms with E-state index in [1.807, 2.05) is 18.2 Å². The number of para-hydroxylation sites is 1. The van der Waals surface area contributed by atoms with Gasteiger partial charge in [-0.05, 0) is 66.7 Å². The molecule has 0 saturated heterocycles. The number of aromatic nitrogens is 1. The SMILES string of the molecule is CN(CCc1ccccn1)C(=O)CNC(=O)c1ccc(S(=O)(=O)N(Oc2ccc(Cl)cc2Cl)c2ccccc2)cc1. The first-order valence-corrected chi connectivity index (χ1v) is 14.6. The van der Waals surface area contributed by atoms with E-state index in [9.17, 15) is 18.0 Å². The van der Waals surface area contributed by atoms with Crippen molar-refractivity contribution in [3.63, 3.8) is 0 Å². The van der Waals surface area contributed by atoms with Gasteiger partial charge in [-0.1, -0.05) is 51.9 Å². The Morgan fingerprint density at radius 3 is 2.29 bits per heavy atom. The number of amides is 2. The van der Waals surface area contributed by atoms with Crippen LogP contribution in [0.4, 0.5) is 5.69 Å². The van der Waals surface area contributed by atoms with Crippen LogP contribution >= 0.6 is 23.2 Å². The van der Waals surface area contributed by atoms with Crippen LogP contribution in [0.1, 0.15) is 16.1 Å². The van der Waals surface area contributed by atoms with Crippen molar-refractivity contribution in [2.45, 2.75) is 11.3 Å². The van der Waals surface area contributed by atoms with Crippen LogP contribution in [0.2, 0.25) is 10.0 Å². The number of carbonyl (C=O) groups excluding carboxylic acids is 2. The molecule has 4 rings (SSSR count). The average Bonchev–Trinajstić information content (AvgIpc) is 2.99. The summed E-state index contributed by atoms with van der Waals surface area (Å²) in [5.74, 6) is -0.719. The number of hydrogen-bond acceptors (Lipinski definition) is 6. The summed E-state index contributed by atoms with van der Waals surface area (Å²) in [4.78, 5) is 36.5. The second-order valence-corrected chi connectivity index (χ2v) is 11.4. The molecule has 0 spiro atoms. The van der Waals surface area contributed by atoms with Gasteiger partial charge in [-0.2, -0.15) is 8.42 Å². The molecule has 1 heterocycles. The minimum Gasteiger partial charge on any atom is -0.363 e. The number of sulfonamides is 1. The van der Waals surface area contributed by atoms with Crippen molar-refractivity contribution in [3.8, 4) is 5.75 Å². The summed E-state index contributed by atoms with van der Waals surface area (Å²) >= 11 is 12.2. The Balaban J connectivity index is 1.43. The molecule has 9 nitrogen and oxygen atoms in total. The molecule has 41 heavy (non-hydrogen) atoms. The summed E-state index contributed by atoms with van der Waals surface area (Å²) < 4.78 is 28.0. The lowest BCUT2D eigenvalue weighted by molar-refractivity contribution is -0.128. The largest absolute Gasteiger partial charge is 0.363 e. The zero-order valence-electron chi connectivity index (χ0n) is 21.9. The van der Waals surface area contributed by atoms with Gasteiger partial charge in [-0.25, -0.2) is 0 Å². The fourth-order valence-corrected chi connectivity index (χ4v) is 5.34. The smallest absolute Gasteiger partial charge is 0.295 e. The van der Waals surface area contributed by atoms with Gasteiger partial charge in [0, 0.05) is 42.5 Å². The van der Waals surface area contributed by atoms with E-state index in [2.05, 4.69) is 10.3 Å². The molecule has 0 radical (unpaired) electrons. The minimum atomic E-state index is -4.27. The van der Waals surface area contributed by atoms with Crippen molar-refractivity contribution in [1.29, 1.82) is 0 Å². The molecule has 0 atom stereocenters. The quantitative estimate of drug-likeness (QED) is 0.239. The number of nitrogens with one attached hydrogen (secondary N) is 1. The van der Waals surface area contributed by atoms with Gasteiger partial charge in [0.1, 0.15) is 0 Å².